The van der Waals surface area contributed by atoms with Crippen LogP contribution in [0.25, 0.3) is 0 Å². The van der Waals surface area contributed by atoms with Gasteiger partial charge in [0.2, 0.25) is 0 Å². The Hall–Kier alpha value is -2.53. The molecule has 1 aliphatic heterocycles. The minimum absolute atomic E-state index is 0.0163. The van der Waals surface area contributed by atoms with E-state index in [1.54, 1.807) is 12.1 Å². The van der Waals surface area contributed by atoms with Gasteiger partial charge in [-0.25, -0.2) is 0 Å². The van der Waals surface area contributed by atoms with Crippen LogP contribution in [0.1, 0.15) is 22.0 Å². The van der Waals surface area contributed by atoms with E-state index in [1.807, 2.05) is 0 Å². The number of phenols is 2. The van der Waals surface area contributed by atoms with Crippen LogP contribution in [0.5, 0.6) is 17.2 Å². The third kappa shape index (κ3) is 1.98. The molecular weight excluding hydrogens is 260 g/mol. The molecule has 0 spiro atoms. The molecular formula is C15H12O5. The van der Waals surface area contributed by atoms with Crippen LogP contribution >= 0.6 is 0 Å². The predicted molar refractivity (Wildman–Crippen MR) is 69.9 cm³/mol. The molecule has 2 atom stereocenters. The molecule has 3 rings (SSSR count). The molecule has 0 aromatic heterocycles. The maximum Gasteiger partial charge on any atom is 0.199 e. The number of aliphatic hydroxyl groups excluding tert-OH is 1. The highest BCUT2D eigenvalue weighted by Crippen LogP contribution is 2.37. The van der Waals surface area contributed by atoms with Gasteiger partial charge in [-0.1, -0.05) is 12.1 Å². The Morgan fingerprint density at radius 3 is 2.30 bits per heavy atom. The number of aliphatic hydroxyl groups is 1. The van der Waals surface area contributed by atoms with Crippen LogP contribution in [0.4, 0.5) is 0 Å². The molecule has 0 saturated carbocycles. The zero-order chi connectivity index (χ0) is 14.3. The van der Waals surface area contributed by atoms with Crippen molar-refractivity contribution in [1.29, 1.82) is 0 Å². The first-order valence-electron chi connectivity index (χ1n) is 6.07. The smallest absolute Gasteiger partial charge is 0.199 e. The van der Waals surface area contributed by atoms with Crippen LogP contribution in [-0.4, -0.2) is 27.2 Å². The van der Waals surface area contributed by atoms with E-state index < -0.39 is 18.0 Å². The Kier molecular flexibility index (Phi) is 2.84. The molecule has 0 aliphatic carbocycles. The molecule has 0 bridgehead atoms. The fraction of sp³-hybridized carbons (Fsp3) is 0.133. The molecule has 5 nitrogen and oxygen atoms in total. The van der Waals surface area contributed by atoms with Gasteiger partial charge in [-0.15, -0.1) is 0 Å². The number of benzene rings is 2. The minimum atomic E-state index is -1.32. The van der Waals surface area contributed by atoms with E-state index in [9.17, 15) is 20.1 Å². The van der Waals surface area contributed by atoms with Gasteiger partial charge >= 0.3 is 0 Å². The van der Waals surface area contributed by atoms with Gasteiger partial charge < -0.3 is 20.1 Å². The number of aromatic hydroxyl groups is 2. The number of fused-ring (bicyclic) bond motifs is 1. The molecule has 0 fully saturated rings. The van der Waals surface area contributed by atoms with E-state index in [-0.39, 0.29) is 22.8 Å². The number of hydrogen-bond acceptors (Lipinski definition) is 5. The first-order chi connectivity index (χ1) is 9.56. The lowest BCUT2D eigenvalue weighted by Gasteiger charge is -2.29. The van der Waals surface area contributed by atoms with Crippen LogP contribution in [0.15, 0.2) is 42.5 Å². The van der Waals surface area contributed by atoms with Crippen molar-refractivity contribution in [3.05, 3.63) is 53.6 Å². The largest absolute Gasteiger partial charge is 0.508 e. The highest BCUT2D eigenvalue weighted by atomic mass is 16.5. The molecule has 2 aromatic carbocycles. The number of Topliss-reactive ketones (excluding diaryl/α,β-unsaturated/α-hetero) is 1. The van der Waals surface area contributed by atoms with Crippen molar-refractivity contribution < 1.29 is 24.9 Å². The van der Waals surface area contributed by atoms with Gasteiger partial charge in [-0.3, -0.25) is 4.79 Å². The number of carbonyl (C=O) groups excluding carboxylic acids is 1. The lowest BCUT2D eigenvalue weighted by Crippen LogP contribution is -2.36. The van der Waals surface area contributed by atoms with Crippen molar-refractivity contribution in [2.75, 3.05) is 0 Å². The number of phenolic OH excluding ortho intramolecular Hbond substituents is 2. The highest BCUT2D eigenvalue weighted by Gasteiger charge is 2.36. The van der Waals surface area contributed by atoms with Crippen molar-refractivity contribution in [1.82, 2.24) is 0 Å². The van der Waals surface area contributed by atoms with Crippen LogP contribution < -0.4 is 4.74 Å². The van der Waals surface area contributed by atoms with Crippen molar-refractivity contribution in [3.8, 4) is 17.2 Å². The zero-order valence-corrected chi connectivity index (χ0v) is 10.4. The second-order valence-electron chi connectivity index (χ2n) is 4.62. The summed E-state index contributed by atoms with van der Waals surface area (Å²) in [4.78, 5) is 12.1. The summed E-state index contributed by atoms with van der Waals surface area (Å²) in [5.41, 5.74) is 0.808. The first-order valence-corrected chi connectivity index (χ1v) is 6.07. The Balaban J connectivity index is 2.03. The lowest BCUT2D eigenvalue weighted by molar-refractivity contribution is 0.0215. The van der Waals surface area contributed by atoms with Crippen LogP contribution in [0, 0.1) is 0 Å². The Labute approximate surface area is 114 Å². The molecule has 2 aromatic rings. The third-order valence-corrected chi connectivity index (χ3v) is 3.26. The van der Waals surface area contributed by atoms with E-state index in [0.717, 1.165) is 0 Å². The topological polar surface area (TPSA) is 87.0 Å². The van der Waals surface area contributed by atoms with E-state index in [1.165, 1.54) is 30.3 Å². The average Bonchev–Trinajstić information content (AvgIpc) is 2.44. The Morgan fingerprint density at radius 2 is 1.60 bits per heavy atom. The van der Waals surface area contributed by atoms with Crippen molar-refractivity contribution in [2.24, 2.45) is 0 Å². The fourth-order valence-electron chi connectivity index (χ4n) is 2.22. The lowest BCUT2D eigenvalue weighted by atomic mass is 9.93. The van der Waals surface area contributed by atoms with Crippen molar-refractivity contribution in [2.45, 2.75) is 12.2 Å². The number of carbonyl (C=O) groups is 1. The van der Waals surface area contributed by atoms with E-state index in [0.29, 0.717) is 5.56 Å². The number of rotatable bonds is 1. The predicted octanol–water partition coefficient (Wildman–Crippen LogP) is 1.78. The normalized spacial score (nSPS) is 21.1. The summed E-state index contributed by atoms with van der Waals surface area (Å²) in [5, 5.41) is 28.8. The quantitative estimate of drug-likeness (QED) is 0.736. The molecule has 3 N–H and O–H groups in total. The second-order valence-corrected chi connectivity index (χ2v) is 4.62. The molecule has 20 heavy (non-hydrogen) atoms. The van der Waals surface area contributed by atoms with Gasteiger partial charge in [0, 0.05) is 6.07 Å². The molecule has 2 unspecified atom stereocenters. The number of ether oxygens (including phenoxy) is 1. The zero-order valence-electron chi connectivity index (χ0n) is 10.4. The summed E-state index contributed by atoms with van der Waals surface area (Å²) in [6.45, 7) is 0. The van der Waals surface area contributed by atoms with E-state index in [4.69, 9.17) is 4.74 Å². The number of hydrogen-bond donors (Lipinski definition) is 3. The molecule has 102 valence electrons. The van der Waals surface area contributed by atoms with Gasteiger partial charge in [-0.05, 0) is 29.8 Å². The summed E-state index contributed by atoms with van der Waals surface area (Å²) < 4.78 is 5.61. The Morgan fingerprint density at radius 1 is 0.950 bits per heavy atom. The first kappa shape index (κ1) is 12.5. The van der Waals surface area contributed by atoms with E-state index >= 15 is 0 Å². The highest BCUT2D eigenvalue weighted by molar-refractivity contribution is 6.03. The molecule has 0 amide bonds. The van der Waals surface area contributed by atoms with Crippen LogP contribution in [0.2, 0.25) is 0 Å². The molecule has 1 aliphatic rings. The van der Waals surface area contributed by atoms with Crippen LogP contribution in [-0.2, 0) is 0 Å². The SMILES string of the molecule is O=C1c2ccc(O)cc2OC(c2ccc(O)cc2)C1O. The maximum absolute atomic E-state index is 12.1. The fourth-order valence-corrected chi connectivity index (χ4v) is 2.22. The molecule has 5 heteroatoms. The summed E-state index contributed by atoms with van der Waals surface area (Å²) in [6.07, 6.45) is -2.19. The van der Waals surface area contributed by atoms with E-state index in [2.05, 4.69) is 0 Å². The van der Waals surface area contributed by atoms with Gasteiger partial charge in [0.15, 0.2) is 18.0 Å². The monoisotopic (exact) mass is 272 g/mol. The van der Waals surface area contributed by atoms with Gasteiger partial charge in [0.1, 0.15) is 17.2 Å². The molecule has 0 saturated heterocycles. The van der Waals surface area contributed by atoms with Crippen LogP contribution in [0.3, 0.4) is 0 Å². The van der Waals surface area contributed by atoms with Gasteiger partial charge in [0.25, 0.3) is 0 Å². The number of ketones is 1. The third-order valence-electron chi connectivity index (χ3n) is 3.26. The molecule has 1 heterocycles. The molecule has 0 radical (unpaired) electrons. The standard InChI is InChI=1S/C15H12O5/c16-9-3-1-8(2-4-9)15-14(19)13(18)11-6-5-10(17)7-12(11)20-15/h1-7,14-17,19H. The minimum Gasteiger partial charge on any atom is -0.508 e. The summed E-state index contributed by atoms with van der Waals surface area (Å²) in [5.74, 6) is -0.150. The average molecular weight is 272 g/mol. The maximum atomic E-state index is 12.1. The van der Waals surface area contributed by atoms with Crippen molar-refractivity contribution >= 4 is 5.78 Å². The Bertz CT molecular complexity index is 662. The van der Waals surface area contributed by atoms with Gasteiger partial charge in [0.05, 0.1) is 5.56 Å². The van der Waals surface area contributed by atoms with Crippen molar-refractivity contribution in [3.63, 3.8) is 0 Å². The van der Waals surface area contributed by atoms with Gasteiger partial charge in [-0.2, -0.15) is 0 Å². The summed E-state index contributed by atoms with van der Waals surface area (Å²) in [7, 11) is 0. The second kappa shape index (κ2) is 4.54. The summed E-state index contributed by atoms with van der Waals surface area (Å²) >= 11 is 0. The summed E-state index contributed by atoms with van der Waals surface area (Å²) in [6, 6.07) is 10.2.